The molecular weight excluding hydrogens is 224 g/mol. The van der Waals surface area contributed by atoms with E-state index >= 15 is 0 Å². The number of aliphatic hydroxyl groups excluding tert-OH is 1. The van der Waals surface area contributed by atoms with E-state index in [-0.39, 0.29) is 12.5 Å². The molecule has 1 saturated heterocycles. The summed E-state index contributed by atoms with van der Waals surface area (Å²) in [5.41, 5.74) is 0.460. The number of carbonyl (C=O) groups is 1. The summed E-state index contributed by atoms with van der Waals surface area (Å²) >= 11 is 0. The standard InChI is InChI=1S/C12H18O5/c1-4-15-11(14)7-5-8(13)10-9(6-7)16-12(2,3)17-10/h6,8-10,13H,4-5H2,1-3H3/t8-,9-,10+/m1/s1. The maximum Gasteiger partial charge on any atom is 0.333 e. The predicted molar refractivity (Wildman–Crippen MR) is 59.2 cm³/mol. The summed E-state index contributed by atoms with van der Waals surface area (Å²) in [7, 11) is 0. The lowest BCUT2D eigenvalue weighted by atomic mass is 9.92. The van der Waals surface area contributed by atoms with Crippen molar-refractivity contribution in [2.75, 3.05) is 6.61 Å². The minimum Gasteiger partial charge on any atom is -0.463 e. The number of aliphatic hydroxyl groups is 1. The van der Waals surface area contributed by atoms with Crippen LogP contribution in [0, 0.1) is 0 Å². The maximum atomic E-state index is 11.6. The molecule has 96 valence electrons. The van der Waals surface area contributed by atoms with Gasteiger partial charge in [0.2, 0.25) is 0 Å². The lowest BCUT2D eigenvalue weighted by Gasteiger charge is -2.26. The van der Waals surface area contributed by atoms with Gasteiger partial charge in [0.25, 0.3) is 0 Å². The van der Waals surface area contributed by atoms with Crippen molar-refractivity contribution in [1.29, 1.82) is 0 Å². The molecule has 0 spiro atoms. The van der Waals surface area contributed by atoms with Crippen LogP contribution in [0.4, 0.5) is 0 Å². The molecular formula is C12H18O5. The Morgan fingerprint density at radius 2 is 2.29 bits per heavy atom. The molecule has 0 amide bonds. The molecule has 17 heavy (non-hydrogen) atoms. The van der Waals surface area contributed by atoms with Crippen LogP contribution in [-0.4, -0.2) is 41.8 Å². The molecule has 0 aromatic carbocycles. The lowest BCUT2D eigenvalue weighted by molar-refractivity contribution is -0.152. The second-order valence-corrected chi connectivity index (χ2v) is 4.75. The molecule has 0 unspecified atom stereocenters. The molecule has 3 atom stereocenters. The van der Waals surface area contributed by atoms with Gasteiger partial charge in [0.15, 0.2) is 5.79 Å². The molecule has 1 aliphatic carbocycles. The number of ether oxygens (including phenoxy) is 3. The summed E-state index contributed by atoms with van der Waals surface area (Å²) in [4.78, 5) is 11.6. The van der Waals surface area contributed by atoms with Gasteiger partial charge in [0, 0.05) is 12.0 Å². The Labute approximate surface area is 100 Å². The smallest absolute Gasteiger partial charge is 0.333 e. The van der Waals surface area contributed by atoms with Gasteiger partial charge in [-0.1, -0.05) is 0 Å². The monoisotopic (exact) mass is 242 g/mol. The SMILES string of the molecule is CCOC(=O)C1=C[C@H]2OC(C)(C)O[C@H]2[C@H](O)C1. The van der Waals surface area contributed by atoms with Gasteiger partial charge in [-0.15, -0.1) is 0 Å². The number of esters is 1. The Bertz CT molecular complexity index is 347. The van der Waals surface area contributed by atoms with Crippen molar-refractivity contribution in [2.24, 2.45) is 0 Å². The van der Waals surface area contributed by atoms with Crippen molar-refractivity contribution in [3.63, 3.8) is 0 Å². The van der Waals surface area contributed by atoms with Crippen molar-refractivity contribution in [3.05, 3.63) is 11.6 Å². The van der Waals surface area contributed by atoms with Gasteiger partial charge < -0.3 is 19.3 Å². The van der Waals surface area contributed by atoms with Gasteiger partial charge >= 0.3 is 5.97 Å². The topological polar surface area (TPSA) is 65.0 Å². The molecule has 2 rings (SSSR count). The lowest BCUT2D eigenvalue weighted by Crippen LogP contribution is -2.39. The predicted octanol–water partition coefficient (Wildman–Crippen LogP) is 0.761. The van der Waals surface area contributed by atoms with E-state index in [0.717, 1.165) is 0 Å². The average Bonchev–Trinajstić information content (AvgIpc) is 2.53. The molecule has 1 N–H and O–H groups in total. The Morgan fingerprint density at radius 1 is 1.59 bits per heavy atom. The molecule has 5 heteroatoms. The minimum atomic E-state index is -0.730. The van der Waals surface area contributed by atoms with Crippen molar-refractivity contribution in [3.8, 4) is 0 Å². The molecule has 0 aromatic rings. The van der Waals surface area contributed by atoms with E-state index in [1.807, 2.05) is 0 Å². The van der Waals surface area contributed by atoms with E-state index in [1.165, 1.54) is 0 Å². The Kier molecular flexibility index (Phi) is 3.25. The first-order valence-corrected chi connectivity index (χ1v) is 5.84. The van der Waals surface area contributed by atoms with E-state index in [9.17, 15) is 9.90 Å². The van der Waals surface area contributed by atoms with Gasteiger partial charge in [-0.2, -0.15) is 0 Å². The van der Waals surface area contributed by atoms with E-state index in [4.69, 9.17) is 14.2 Å². The van der Waals surface area contributed by atoms with Crippen LogP contribution < -0.4 is 0 Å². The van der Waals surface area contributed by atoms with Crippen LogP contribution in [0.15, 0.2) is 11.6 Å². The Hall–Kier alpha value is -0.910. The normalized spacial score (nSPS) is 35.1. The van der Waals surface area contributed by atoms with E-state index < -0.39 is 24.0 Å². The molecule has 1 aliphatic heterocycles. The van der Waals surface area contributed by atoms with Gasteiger partial charge in [0.05, 0.1) is 12.7 Å². The van der Waals surface area contributed by atoms with Crippen molar-refractivity contribution >= 4 is 5.97 Å². The molecule has 0 bridgehead atoms. The molecule has 0 aromatic heterocycles. The zero-order valence-electron chi connectivity index (χ0n) is 10.3. The highest BCUT2D eigenvalue weighted by atomic mass is 16.8. The Morgan fingerprint density at radius 3 is 2.94 bits per heavy atom. The second-order valence-electron chi connectivity index (χ2n) is 4.75. The second kappa shape index (κ2) is 4.40. The van der Waals surface area contributed by atoms with Gasteiger partial charge in [0.1, 0.15) is 12.2 Å². The maximum absolute atomic E-state index is 11.6. The minimum absolute atomic E-state index is 0.249. The highest BCUT2D eigenvalue weighted by Gasteiger charge is 2.47. The van der Waals surface area contributed by atoms with Gasteiger partial charge in [-0.3, -0.25) is 0 Å². The first-order valence-electron chi connectivity index (χ1n) is 5.84. The number of carbonyl (C=O) groups excluding carboxylic acids is 1. The van der Waals surface area contributed by atoms with Crippen LogP contribution >= 0.6 is 0 Å². The van der Waals surface area contributed by atoms with Crippen LogP contribution in [0.1, 0.15) is 27.2 Å². The van der Waals surface area contributed by atoms with Crippen LogP contribution in [0.25, 0.3) is 0 Å². The fourth-order valence-corrected chi connectivity index (χ4v) is 2.23. The van der Waals surface area contributed by atoms with Crippen LogP contribution in [0.5, 0.6) is 0 Å². The fraction of sp³-hybridized carbons (Fsp3) is 0.750. The number of fused-ring (bicyclic) bond motifs is 1. The van der Waals surface area contributed by atoms with Gasteiger partial charge in [-0.25, -0.2) is 4.79 Å². The zero-order valence-corrected chi connectivity index (χ0v) is 10.3. The largest absolute Gasteiger partial charge is 0.463 e. The zero-order chi connectivity index (χ0) is 12.6. The first-order chi connectivity index (χ1) is 7.93. The van der Waals surface area contributed by atoms with E-state index in [0.29, 0.717) is 12.2 Å². The quantitative estimate of drug-likeness (QED) is 0.724. The highest BCUT2D eigenvalue weighted by molar-refractivity contribution is 5.88. The average molecular weight is 242 g/mol. The van der Waals surface area contributed by atoms with Crippen molar-refractivity contribution in [1.82, 2.24) is 0 Å². The molecule has 1 fully saturated rings. The summed E-state index contributed by atoms with van der Waals surface area (Å²) in [6.07, 6.45) is 0.436. The van der Waals surface area contributed by atoms with Crippen LogP contribution in [-0.2, 0) is 19.0 Å². The summed E-state index contributed by atoms with van der Waals surface area (Å²) in [5, 5.41) is 9.95. The molecule has 5 nitrogen and oxygen atoms in total. The van der Waals surface area contributed by atoms with Crippen molar-refractivity contribution in [2.45, 2.75) is 51.3 Å². The number of hydrogen-bond acceptors (Lipinski definition) is 5. The van der Waals surface area contributed by atoms with Gasteiger partial charge in [-0.05, 0) is 26.8 Å². The molecule has 0 saturated carbocycles. The van der Waals surface area contributed by atoms with Crippen LogP contribution in [0.3, 0.4) is 0 Å². The van der Waals surface area contributed by atoms with Crippen molar-refractivity contribution < 1.29 is 24.1 Å². The molecule has 1 heterocycles. The highest BCUT2D eigenvalue weighted by Crippen LogP contribution is 2.36. The first kappa shape index (κ1) is 12.5. The Balaban J connectivity index is 2.15. The summed E-state index contributed by atoms with van der Waals surface area (Å²) in [5.74, 6) is -1.12. The summed E-state index contributed by atoms with van der Waals surface area (Å²) < 4.78 is 16.1. The third kappa shape index (κ3) is 2.51. The third-order valence-electron chi connectivity index (χ3n) is 2.87. The number of hydrogen-bond donors (Lipinski definition) is 1. The van der Waals surface area contributed by atoms with Crippen LogP contribution in [0.2, 0.25) is 0 Å². The number of rotatable bonds is 2. The third-order valence-corrected chi connectivity index (χ3v) is 2.87. The van der Waals surface area contributed by atoms with E-state index in [2.05, 4.69) is 0 Å². The molecule has 0 radical (unpaired) electrons. The summed E-state index contributed by atoms with van der Waals surface area (Å²) in [6, 6.07) is 0. The molecule has 2 aliphatic rings. The van der Waals surface area contributed by atoms with E-state index in [1.54, 1.807) is 26.8 Å². The fourth-order valence-electron chi connectivity index (χ4n) is 2.23. The summed E-state index contributed by atoms with van der Waals surface area (Å²) in [6.45, 7) is 5.65.